The van der Waals surface area contributed by atoms with Crippen LogP contribution in [0.5, 0.6) is 0 Å². The van der Waals surface area contributed by atoms with Gasteiger partial charge in [0, 0.05) is 30.0 Å². The van der Waals surface area contributed by atoms with Crippen LogP contribution >= 0.6 is 15.9 Å². The molecule has 0 radical (unpaired) electrons. The first-order valence-electron chi connectivity index (χ1n) is 6.51. The molecule has 1 heterocycles. The van der Waals surface area contributed by atoms with Crippen molar-refractivity contribution in [1.29, 1.82) is 0 Å². The Labute approximate surface area is 125 Å². The monoisotopic (exact) mass is 342 g/mol. The van der Waals surface area contributed by atoms with Crippen LogP contribution in [0.1, 0.15) is 30.1 Å². The van der Waals surface area contributed by atoms with Crippen molar-refractivity contribution in [3.63, 3.8) is 0 Å². The lowest BCUT2D eigenvalue weighted by atomic mass is 10.2. The maximum Gasteiger partial charge on any atom is 0.252 e. The molecule has 6 heteroatoms. The molecule has 0 spiro atoms. The van der Waals surface area contributed by atoms with Crippen LogP contribution in [0.3, 0.4) is 0 Å². The van der Waals surface area contributed by atoms with E-state index in [1.54, 1.807) is 4.90 Å². The molecule has 1 aromatic carbocycles. The van der Waals surface area contributed by atoms with Gasteiger partial charge < -0.3 is 10.2 Å². The SMILES string of the molecule is CC(CN1CCCC1=O)NC(=O)c1ccc(F)cc1Br. The standard InChI is InChI=1S/C14H16BrFN2O2/c1-9(8-18-6-2-3-13(18)19)17-14(20)11-5-4-10(16)7-12(11)15/h4-5,7,9H,2-3,6,8H2,1H3,(H,17,20). The highest BCUT2D eigenvalue weighted by atomic mass is 79.9. The topological polar surface area (TPSA) is 49.4 Å². The van der Waals surface area contributed by atoms with Gasteiger partial charge in [-0.05, 0) is 47.5 Å². The second-order valence-corrected chi connectivity index (χ2v) is 5.80. The third kappa shape index (κ3) is 3.56. The van der Waals surface area contributed by atoms with E-state index in [1.807, 2.05) is 6.92 Å². The van der Waals surface area contributed by atoms with Crippen molar-refractivity contribution >= 4 is 27.7 Å². The quantitative estimate of drug-likeness (QED) is 0.912. The number of hydrogen-bond acceptors (Lipinski definition) is 2. The van der Waals surface area contributed by atoms with E-state index in [-0.39, 0.29) is 17.9 Å². The molecule has 1 saturated heterocycles. The van der Waals surface area contributed by atoms with E-state index in [4.69, 9.17) is 0 Å². The van der Waals surface area contributed by atoms with Crippen molar-refractivity contribution in [1.82, 2.24) is 10.2 Å². The van der Waals surface area contributed by atoms with Gasteiger partial charge in [-0.2, -0.15) is 0 Å². The summed E-state index contributed by atoms with van der Waals surface area (Å²) in [6.07, 6.45) is 1.47. The predicted molar refractivity (Wildman–Crippen MR) is 76.8 cm³/mol. The Morgan fingerprint density at radius 3 is 2.90 bits per heavy atom. The minimum atomic E-state index is -0.399. The van der Waals surface area contributed by atoms with Crippen LogP contribution in [-0.2, 0) is 4.79 Å². The summed E-state index contributed by atoms with van der Waals surface area (Å²) in [4.78, 5) is 25.4. The Balaban J connectivity index is 1.95. The third-order valence-electron chi connectivity index (χ3n) is 3.22. The Kier molecular flexibility index (Phi) is 4.75. The molecule has 108 valence electrons. The van der Waals surface area contributed by atoms with E-state index in [0.717, 1.165) is 13.0 Å². The molecule has 1 aliphatic heterocycles. The van der Waals surface area contributed by atoms with Crippen molar-refractivity contribution in [3.8, 4) is 0 Å². The van der Waals surface area contributed by atoms with Crippen molar-refractivity contribution in [2.45, 2.75) is 25.8 Å². The molecule has 0 bridgehead atoms. The largest absolute Gasteiger partial charge is 0.348 e. The molecule has 0 aromatic heterocycles. The summed E-state index contributed by atoms with van der Waals surface area (Å²) in [6.45, 7) is 3.10. The number of nitrogens with zero attached hydrogens (tertiary/aromatic N) is 1. The van der Waals surface area contributed by atoms with Gasteiger partial charge in [-0.25, -0.2) is 4.39 Å². The molecule has 1 atom stereocenters. The van der Waals surface area contributed by atoms with Gasteiger partial charge in [0.05, 0.1) is 5.56 Å². The van der Waals surface area contributed by atoms with Gasteiger partial charge in [-0.3, -0.25) is 9.59 Å². The van der Waals surface area contributed by atoms with Crippen molar-refractivity contribution in [2.75, 3.05) is 13.1 Å². The van der Waals surface area contributed by atoms with Crippen LogP contribution in [0.15, 0.2) is 22.7 Å². The number of amides is 2. The minimum absolute atomic E-state index is 0.133. The van der Waals surface area contributed by atoms with Gasteiger partial charge in [-0.15, -0.1) is 0 Å². The highest BCUT2D eigenvalue weighted by Crippen LogP contribution is 2.18. The summed E-state index contributed by atoms with van der Waals surface area (Å²) in [6, 6.07) is 3.78. The summed E-state index contributed by atoms with van der Waals surface area (Å²) in [5.41, 5.74) is 0.381. The minimum Gasteiger partial charge on any atom is -0.348 e. The van der Waals surface area contributed by atoms with Gasteiger partial charge in [0.25, 0.3) is 5.91 Å². The molecule has 0 aliphatic carbocycles. The first-order valence-corrected chi connectivity index (χ1v) is 7.30. The number of benzene rings is 1. The van der Waals surface area contributed by atoms with Crippen LogP contribution < -0.4 is 5.32 Å². The lowest BCUT2D eigenvalue weighted by Crippen LogP contribution is -2.42. The zero-order valence-electron chi connectivity index (χ0n) is 11.2. The van der Waals surface area contributed by atoms with Crippen molar-refractivity contribution < 1.29 is 14.0 Å². The van der Waals surface area contributed by atoms with E-state index >= 15 is 0 Å². The molecule has 20 heavy (non-hydrogen) atoms. The molecule has 1 aromatic rings. The maximum atomic E-state index is 13.0. The second-order valence-electron chi connectivity index (χ2n) is 4.94. The van der Waals surface area contributed by atoms with Gasteiger partial charge in [0.1, 0.15) is 5.82 Å². The summed E-state index contributed by atoms with van der Waals surface area (Å²) < 4.78 is 13.4. The molecule has 1 aliphatic rings. The van der Waals surface area contributed by atoms with Crippen LogP contribution in [0, 0.1) is 5.82 Å². The highest BCUT2D eigenvalue weighted by Gasteiger charge is 2.22. The summed E-state index contributed by atoms with van der Waals surface area (Å²) >= 11 is 3.17. The van der Waals surface area contributed by atoms with E-state index in [2.05, 4.69) is 21.2 Å². The Bertz CT molecular complexity index is 536. The smallest absolute Gasteiger partial charge is 0.252 e. The number of hydrogen-bond donors (Lipinski definition) is 1. The normalized spacial score (nSPS) is 16.4. The first-order chi connectivity index (χ1) is 9.47. The van der Waals surface area contributed by atoms with Gasteiger partial charge >= 0.3 is 0 Å². The van der Waals surface area contributed by atoms with Crippen molar-refractivity contribution in [2.24, 2.45) is 0 Å². The van der Waals surface area contributed by atoms with E-state index in [1.165, 1.54) is 18.2 Å². The second kappa shape index (κ2) is 6.35. The maximum absolute atomic E-state index is 13.0. The van der Waals surface area contributed by atoms with Crippen LogP contribution in [0.2, 0.25) is 0 Å². The summed E-state index contributed by atoms with van der Waals surface area (Å²) in [7, 11) is 0. The number of carbonyl (C=O) groups excluding carboxylic acids is 2. The van der Waals surface area contributed by atoms with Crippen LogP contribution in [0.4, 0.5) is 4.39 Å². The molecule has 2 amide bonds. The lowest BCUT2D eigenvalue weighted by molar-refractivity contribution is -0.127. The van der Waals surface area contributed by atoms with Gasteiger partial charge in [0.2, 0.25) is 5.91 Å². The third-order valence-corrected chi connectivity index (χ3v) is 3.87. The summed E-state index contributed by atoms with van der Waals surface area (Å²) in [5, 5.41) is 2.82. The van der Waals surface area contributed by atoms with Gasteiger partial charge in [0.15, 0.2) is 0 Å². The summed E-state index contributed by atoms with van der Waals surface area (Å²) in [5.74, 6) is -0.547. The number of carbonyl (C=O) groups is 2. The van der Waals surface area contributed by atoms with Gasteiger partial charge in [-0.1, -0.05) is 0 Å². The number of halogens is 2. The molecule has 2 rings (SSSR count). The van der Waals surface area contributed by atoms with E-state index in [9.17, 15) is 14.0 Å². The Hall–Kier alpha value is -1.43. The lowest BCUT2D eigenvalue weighted by Gasteiger charge is -2.21. The average molecular weight is 343 g/mol. The molecule has 0 saturated carbocycles. The molecular formula is C14H16BrFN2O2. The average Bonchev–Trinajstić information content (AvgIpc) is 2.74. The Morgan fingerprint density at radius 2 is 2.30 bits per heavy atom. The van der Waals surface area contributed by atoms with Crippen LogP contribution in [-0.4, -0.2) is 35.8 Å². The Morgan fingerprint density at radius 1 is 1.55 bits per heavy atom. The molecule has 1 unspecified atom stereocenters. The number of nitrogens with one attached hydrogen (secondary N) is 1. The molecule has 4 nitrogen and oxygen atoms in total. The number of likely N-dealkylation sites (tertiary alicyclic amines) is 1. The molecule has 1 fully saturated rings. The predicted octanol–water partition coefficient (Wildman–Crippen LogP) is 2.33. The zero-order chi connectivity index (χ0) is 14.7. The zero-order valence-corrected chi connectivity index (χ0v) is 12.7. The fourth-order valence-electron chi connectivity index (χ4n) is 2.25. The van der Waals surface area contributed by atoms with Crippen LogP contribution in [0.25, 0.3) is 0 Å². The fraction of sp³-hybridized carbons (Fsp3) is 0.429. The number of rotatable bonds is 4. The highest BCUT2D eigenvalue weighted by molar-refractivity contribution is 9.10. The first kappa shape index (κ1) is 15.0. The van der Waals surface area contributed by atoms with E-state index in [0.29, 0.717) is 23.0 Å². The van der Waals surface area contributed by atoms with Crippen molar-refractivity contribution in [3.05, 3.63) is 34.1 Å². The molecular weight excluding hydrogens is 327 g/mol. The van der Waals surface area contributed by atoms with E-state index < -0.39 is 5.82 Å². The molecule has 1 N–H and O–H groups in total. The fourth-order valence-corrected chi connectivity index (χ4v) is 2.78.